The first-order valence-electron chi connectivity index (χ1n) is 10.2. The predicted molar refractivity (Wildman–Crippen MR) is 111 cm³/mol. The Kier molecular flexibility index (Phi) is 4.94. The van der Waals surface area contributed by atoms with E-state index in [0.717, 1.165) is 30.4 Å². The van der Waals surface area contributed by atoms with E-state index in [0.29, 0.717) is 12.0 Å². The van der Waals surface area contributed by atoms with Crippen LogP contribution in [0.25, 0.3) is 0 Å². The van der Waals surface area contributed by atoms with Gasteiger partial charge in [0.05, 0.1) is 5.60 Å². The Labute approximate surface area is 168 Å². The van der Waals surface area contributed by atoms with Gasteiger partial charge in [0, 0.05) is 36.0 Å². The van der Waals surface area contributed by atoms with Gasteiger partial charge in [0.25, 0.3) is 0 Å². The van der Waals surface area contributed by atoms with Crippen LogP contribution >= 0.6 is 0 Å². The van der Waals surface area contributed by atoms with Crippen molar-refractivity contribution >= 4 is 5.78 Å². The molecule has 3 rings (SSSR count). The molecule has 1 fully saturated rings. The number of allylic oxidation sites excluding steroid dienone is 2. The molecular weight excluding hydrogens is 352 g/mol. The van der Waals surface area contributed by atoms with Crippen LogP contribution in [0.5, 0.6) is 11.5 Å². The number of phenols is 2. The quantitative estimate of drug-likeness (QED) is 0.533. The van der Waals surface area contributed by atoms with E-state index in [1.54, 1.807) is 14.0 Å². The number of phenolic OH excluding ortho intramolecular Hbond substituents is 2. The van der Waals surface area contributed by atoms with E-state index in [-0.39, 0.29) is 34.0 Å². The van der Waals surface area contributed by atoms with Crippen molar-refractivity contribution in [3.8, 4) is 11.5 Å². The number of ether oxygens (including phenoxy) is 1. The number of fused-ring (bicyclic) bond motifs is 3. The van der Waals surface area contributed by atoms with Gasteiger partial charge in [0.15, 0.2) is 11.5 Å². The molecular formula is C24H34O4. The average Bonchev–Trinajstić information content (AvgIpc) is 2.58. The van der Waals surface area contributed by atoms with Crippen molar-refractivity contribution in [3.63, 3.8) is 0 Å². The normalized spacial score (nSPS) is 26.2. The Hall–Kier alpha value is -1.81. The molecule has 154 valence electrons. The van der Waals surface area contributed by atoms with E-state index in [1.807, 2.05) is 19.9 Å². The lowest BCUT2D eigenvalue weighted by Crippen LogP contribution is -2.41. The first kappa shape index (κ1) is 20.9. The van der Waals surface area contributed by atoms with Crippen LogP contribution < -0.4 is 0 Å². The smallest absolute Gasteiger partial charge is 0.163 e. The molecule has 0 saturated heterocycles. The second kappa shape index (κ2) is 6.62. The first-order chi connectivity index (χ1) is 12.8. The highest BCUT2D eigenvalue weighted by molar-refractivity contribution is 5.78. The highest BCUT2D eigenvalue weighted by atomic mass is 16.5. The molecule has 1 saturated carbocycles. The van der Waals surface area contributed by atoms with Gasteiger partial charge in [-0.05, 0) is 50.7 Å². The van der Waals surface area contributed by atoms with Crippen LogP contribution in [0.4, 0.5) is 0 Å². The zero-order valence-corrected chi connectivity index (χ0v) is 18.3. The van der Waals surface area contributed by atoms with Crippen molar-refractivity contribution < 1.29 is 19.7 Å². The predicted octanol–water partition coefficient (Wildman–Crippen LogP) is 5.45. The molecule has 2 aliphatic rings. The molecule has 2 atom stereocenters. The third-order valence-corrected chi connectivity index (χ3v) is 7.09. The topological polar surface area (TPSA) is 66.8 Å². The number of aromatic hydroxyl groups is 2. The molecule has 1 aromatic carbocycles. The van der Waals surface area contributed by atoms with Crippen molar-refractivity contribution in [1.82, 2.24) is 0 Å². The molecule has 2 N–H and O–H groups in total. The van der Waals surface area contributed by atoms with Crippen LogP contribution in [0.3, 0.4) is 0 Å². The van der Waals surface area contributed by atoms with Crippen molar-refractivity contribution in [2.24, 2.45) is 5.41 Å². The van der Waals surface area contributed by atoms with Crippen LogP contribution in [0.1, 0.15) is 89.8 Å². The number of rotatable bonds is 4. The van der Waals surface area contributed by atoms with E-state index in [9.17, 15) is 15.0 Å². The Morgan fingerprint density at radius 2 is 1.86 bits per heavy atom. The summed E-state index contributed by atoms with van der Waals surface area (Å²) in [7, 11) is 1.59. The molecule has 1 aromatic rings. The second-order valence-corrected chi connectivity index (χ2v) is 9.96. The van der Waals surface area contributed by atoms with Gasteiger partial charge in [-0.1, -0.05) is 38.8 Å². The molecule has 0 aliphatic heterocycles. The van der Waals surface area contributed by atoms with Crippen LogP contribution in [0.2, 0.25) is 0 Å². The van der Waals surface area contributed by atoms with Crippen LogP contribution in [-0.2, 0) is 20.5 Å². The van der Waals surface area contributed by atoms with Crippen molar-refractivity contribution in [3.05, 3.63) is 34.4 Å². The van der Waals surface area contributed by atoms with Gasteiger partial charge in [-0.3, -0.25) is 4.79 Å². The Morgan fingerprint density at radius 3 is 2.43 bits per heavy atom. The van der Waals surface area contributed by atoms with Crippen molar-refractivity contribution in [2.75, 3.05) is 7.11 Å². The molecule has 0 radical (unpaired) electrons. The maximum atomic E-state index is 12.0. The van der Waals surface area contributed by atoms with Crippen molar-refractivity contribution in [2.45, 2.75) is 84.2 Å². The molecule has 4 nitrogen and oxygen atoms in total. The maximum Gasteiger partial charge on any atom is 0.163 e. The summed E-state index contributed by atoms with van der Waals surface area (Å²) in [6.07, 6.45) is 5.71. The van der Waals surface area contributed by atoms with Crippen LogP contribution in [0.15, 0.2) is 17.7 Å². The Balaban J connectivity index is 2.34. The number of Topliss-reactive ketones (excluding diaryl/α,β-unsaturated/α-hetero) is 1. The largest absolute Gasteiger partial charge is 0.504 e. The highest BCUT2D eigenvalue weighted by Crippen LogP contribution is 2.60. The number of hydrogen-bond acceptors (Lipinski definition) is 4. The third-order valence-electron chi connectivity index (χ3n) is 7.09. The monoisotopic (exact) mass is 386 g/mol. The maximum absolute atomic E-state index is 12.0. The summed E-state index contributed by atoms with van der Waals surface area (Å²) in [5.74, 6) is -0.161. The lowest BCUT2D eigenvalue weighted by molar-refractivity contribution is -0.117. The minimum absolute atomic E-state index is 0.00768. The number of benzene rings is 1. The lowest BCUT2D eigenvalue weighted by Gasteiger charge is -2.51. The van der Waals surface area contributed by atoms with Gasteiger partial charge >= 0.3 is 0 Å². The summed E-state index contributed by atoms with van der Waals surface area (Å²) in [4.78, 5) is 12.0. The van der Waals surface area contributed by atoms with Crippen LogP contribution in [-0.4, -0.2) is 23.1 Å². The minimum Gasteiger partial charge on any atom is -0.504 e. The molecule has 0 bridgehead atoms. The average molecular weight is 387 g/mol. The fourth-order valence-corrected chi connectivity index (χ4v) is 5.46. The highest BCUT2D eigenvalue weighted by Gasteiger charge is 2.49. The second-order valence-electron chi connectivity index (χ2n) is 9.96. The number of hydrogen-bond donors (Lipinski definition) is 2. The Morgan fingerprint density at radius 1 is 1.21 bits per heavy atom. The van der Waals surface area contributed by atoms with Crippen LogP contribution in [0, 0.1) is 5.41 Å². The molecule has 0 spiro atoms. The fourth-order valence-electron chi connectivity index (χ4n) is 5.46. The first-order valence-corrected chi connectivity index (χ1v) is 10.2. The van der Waals surface area contributed by atoms with Gasteiger partial charge in [0.1, 0.15) is 5.78 Å². The molecule has 28 heavy (non-hydrogen) atoms. The molecule has 0 amide bonds. The molecule has 0 heterocycles. The van der Waals surface area contributed by atoms with Gasteiger partial charge in [-0.2, -0.15) is 0 Å². The summed E-state index contributed by atoms with van der Waals surface area (Å²) in [5, 5.41) is 22.1. The van der Waals surface area contributed by atoms with E-state index < -0.39 is 5.60 Å². The van der Waals surface area contributed by atoms with Gasteiger partial charge in [-0.15, -0.1) is 0 Å². The van der Waals surface area contributed by atoms with Gasteiger partial charge in [-0.25, -0.2) is 0 Å². The van der Waals surface area contributed by atoms with Gasteiger partial charge < -0.3 is 14.9 Å². The fraction of sp³-hybridized carbons (Fsp3) is 0.625. The summed E-state index contributed by atoms with van der Waals surface area (Å²) < 4.78 is 5.58. The molecule has 2 aliphatic carbocycles. The summed E-state index contributed by atoms with van der Waals surface area (Å²) in [5.41, 5.74) is 2.45. The molecule has 0 aromatic heterocycles. The zero-order valence-electron chi connectivity index (χ0n) is 18.3. The molecule has 0 unspecified atom stereocenters. The molecule has 4 heteroatoms. The summed E-state index contributed by atoms with van der Waals surface area (Å²) in [6.45, 7) is 12.0. The number of ketones is 1. The number of carbonyl (C=O) groups is 1. The zero-order chi connectivity index (χ0) is 21.1. The SMILES string of the molecule is COC(C)(C)c1cc2c(c(O)c1O)[C@@]1(C)CCCC(C)(C)C1=C[C@@H]2CC(C)=O. The third kappa shape index (κ3) is 3.06. The number of carbonyl (C=O) groups excluding carboxylic acids is 1. The lowest BCUT2D eigenvalue weighted by atomic mass is 9.53. The minimum atomic E-state index is -0.756. The van der Waals surface area contributed by atoms with E-state index in [4.69, 9.17) is 4.74 Å². The van der Waals surface area contributed by atoms with E-state index in [2.05, 4.69) is 26.8 Å². The van der Waals surface area contributed by atoms with Crippen molar-refractivity contribution in [1.29, 1.82) is 0 Å². The summed E-state index contributed by atoms with van der Waals surface area (Å²) in [6, 6.07) is 1.95. The standard InChI is InChI=1S/C24H34O4/c1-14(25)11-15-12-18-22(2,3)9-8-10-24(18,6)19-16(15)13-17(20(26)21(19)27)23(4,5)28-7/h12-13,15,26-27H,8-11H2,1-7H3/t15-,24-/m0/s1. The summed E-state index contributed by atoms with van der Waals surface area (Å²) >= 11 is 0. The Bertz CT molecular complexity index is 847. The number of methoxy groups -OCH3 is 1. The van der Waals surface area contributed by atoms with Gasteiger partial charge in [0.2, 0.25) is 0 Å². The van der Waals surface area contributed by atoms with E-state index >= 15 is 0 Å². The van der Waals surface area contributed by atoms with E-state index in [1.165, 1.54) is 5.57 Å².